The number of hydrogen-bond acceptors (Lipinski definition) is 9. The smallest absolute Gasteiger partial charge is 0.414 e. The Morgan fingerprint density at radius 2 is 1.87 bits per heavy atom. The number of thioether (sulfide) groups is 1. The van der Waals surface area contributed by atoms with Crippen molar-refractivity contribution in [2.75, 3.05) is 24.8 Å². The van der Waals surface area contributed by atoms with Crippen molar-refractivity contribution in [1.29, 1.82) is 0 Å². The maximum absolute atomic E-state index is 12.8. The van der Waals surface area contributed by atoms with Crippen LogP contribution in [0.1, 0.15) is 80.1 Å². The average Bonchev–Trinajstić information content (AvgIpc) is 3.88. The molecule has 2 aliphatic heterocycles. The van der Waals surface area contributed by atoms with Crippen LogP contribution in [0.2, 0.25) is 0 Å². The fourth-order valence-corrected chi connectivity index (χ4v) is 6.96. The minimum Gasteiger partial charge on any atom is -0.443 e. The molecule has 0 aromatic heterocycles. The number of methoxy groups -OCH3 is 1. The molecule has 3 aliphatic rings. The predicted molar refractivity (Wildman–Crippen MR) is 172 cm³/mol. The number of amides is 3. The van der Waals surface area contributed by atoms with Gasteiger partial charge in [0, 0.05) is 35.9 Å². The lowest BCUT2D eigenvalue weighted by Gasteiger charge is -2.42. The lowest BCUT2D eigenvalue weighted by molar-refractivity contribution is -0.126. The van der Waals surface area contributed by atoms with Crippen LogP contribution in [0.5, 0.6) is 0 Å². The number of Topliss-reactive ketones (excluding diaryl/α,β-unsaturated/α-hetero) is 1. The Balaban J connectivity index is 1.24. The molecule has 0 radical (unpaired) electrons. The molecule has 0 bridgehead atoms. The molecule has 1 aliphatic carbocycles. The number of carbonyl (C=O) groups excluding carboxylic acids is 4. The monoisotopic (exact) mass is 644 g/mol. The second kappa shape index (κ2) is 14.4. The molecule has 1 saturated carbocycles. The van der Waals surface area contributed by atoms with E-state index in [0.29, 0.717) is 31.6 Å². The topological polar surface area (TPSA) is 136 Å². The molecule has 2 saturated heterocycles. The Hall–Kier alpha value is -2.73. The van der Waals surface area contributed by atoms with Gasteiger partial charge in [0.05, 0.1) is 24.4 Å². The predicted octanol–water partition coefficient (Wildman–Crippen LogP) is 5.83. The van der Waals surface area contributed by atoms with Gasteiger partial charge in [-0.05, 0) is 64.7 Å². The van der Waals surface area contributed by atoms with E-state index in [-0.39, 0.29) is 41.5 Å². The molecule has 6 atom stereocenters. The highest BCUT2D eigenvalue weighted by molar-refractivity contribution is 8.00. The number of rotatable bonds is 13. The fraction of sp³-hybridized carbons (Fsp3) is 0.647. The van der Waals surface area contributed by atoms with Gasteiger partial charge in [0.15, 0.2) is 0 Å². The van der Waals surface area contributed by atoms with Gasteiger partial charge in [-0.2, -0.15) is 0 Å². The number of ether oxygens (including phenoxy) is 4. The van der Waals surface area contributed by atoms with E-state index in [4.69, 9.17) is 18.9 Å². The number of ketones is 1. The maximum Gasteiger partial charge on any atom is 0.414 e. The molecule has 248 valence electrons. The van der Waals surface area contributed by atoms with Crippen molar-refractivity contribution in [3.63, 3.8) is 0 Å². The summed E-state index contributed by atoms with van der Waals surface area (Å²) in [5.41, 5.74) is 0.627. The molecule has 45 heavy (non-hydrogen) atoms. The third-order valence-electron chi connectivity index (χ3n) is 8.87. The third kappa shape index (κ3) is 9.18. The summed E-state index contributed by atoms with van der Waals surface area (Å²) in [6.07, 6.45) is 3.57. The van der Waals surface area contributed by atoms with E-state index >= 15 is 0 Å². The number of carbonyl (C=O) groups is 4. The normalized spacial score (nSPS) is 28.6. The molecule has 1 spiro atoms. The molecule has 2 N–H and O–H groups in total. The highest BCUT2D eigenvalue weighted by Crippen LogP contribution is 2.59. The van der Waals surface area contributed by atoms with E-state index < -0.39 is 35.2 Å². The first-order chi connectivity index (χ1) is 21.2. The van der Waals surface area contributed by atoms with Crippen molar-refractivity contribution in [2.24, 2.45) is 11.3 Å². The van der Waals surface area contributed by atoms with Gasteiger partial charge in [0.2, 0.25) is 11.8 Å². The second-order valence-electron chi connectivity index (χ2n) is 13.8. The van der Waals surface area contributed by atoms with Gasteiger partial charge in [-0.25, -0.2) is 4.79 Å². The molecule has 1 aromatic rings. The van der Waals surface area contributed by atoms with E-state index in [9.17, 15) is 19.2 Å². The summed E-state index contributed by atoms with van der Waals surface area (Å²) in [5, 5.41) is 5.18. The van der Waals surface area contributed by atoms with E-state index in [1.165, 1.54) is 17.3 Å². The van der Waals surface area contributed by atoms with E-state index in [0.717, 1.165) is 17.7 Å². The summed E-state index contributed by atoms with van der Waals surface area (Å²) < 4.78 is 23.8. The largest absolute Gasteiger partial charge is 0.443 e. The van der Waals surface area contributed by atoms with Crippen molar-refractivity contribution in [1.82, 2.24) is 5.32 Å². The van der Waals surface area contributed by atoms with Gasteiger partial charge < -0.3 is 24.3 Å². The van der Waals surface area contributed by atoms with Crippen LogP contribution in [0.3, 0.4) is 0 Å². The molecule has 1 aromatic carbocycles. The minimum absolute atomic E-state index is 0.0165. The summed E-state index contributed by atoms with van der Waals surface area (Å²) >= 11 is 1.24. The summed E-state index contributed by atoms with van der Waals surface area (Å²) in [6, 6.07) is 7.13. The average molecular weight is 645 g/mol. The summed E-state index contributed by atoms with van der Waals surface area (Å²) in [7, 11) is 1.61. The lowest BCUT2D eigenvalue weighted by Crippen LogP contribution is -2.56. The van der Waals surface area contributed by atoms with Gasteiger partial charge in [-0.15, -0.1) is 11.8 Å². The Kier molecular flexibility index (Phi) is 11.2. The Morgan fingerprint density at radius 3 is 2.51 bits per heavy atom. The van der Waals surface area contributed by atoms with Crippen LogP contribution < -0.4 is 10.6 Å². The number of epoxide rings is 2. The summed E-state index contributed by atoms with van der Waals surface area (Å²) in [6.45, 7) is 12.4. The van der Waals surface area contributed by atoms with Crippen molar-refractivity contribution in [3.05, 3.63) is 35.9 Å². The molecular formula is C34H48N2O8S. The van der Waals surface area contributed by atoms with Gasteiger partial charge in [0.25, 0.3) is 0 Å². The number of allylic oxidation sites excluding steroid dienone is 1. The first-order valence-corrected chi connectivity index (χ1v) is 16.7. The Labute approximate surface area is 270 Å². The zero-order chi connectivity index (χ0) is 33.0. The SMILES string of the molecule is CO[C@@H]1[C@H](OC(=O)NC(=O)CSc2cccc(NC(=O)CCCC(=O)C(C)(C)C)c2)CC[C@]2(CO2)[C@H]1[C@@]1(C)O[C@@H]1CC=C(C)C. The number of imide groups is 1. The van der Waals surface area contributed by atoms with Crippen LogP contribution >= 0.6 is 11.8 Å². The first kappa shape index (κ1) is 35.1. The summed E-state index contributed by atoms with van der Waals surface area (Å²) in [4.78, 5) is 50.6. The standard InChI is InChI=1S/C34H48N2O8S/c1-21(2)14-15-26-33(6,44-26)30-29(41-7)24(16-17-34(30)20-42-34)43-31(40)36-28(39)19-45-23-11-8-10-22(18-23)35-27(38)13-9-12-25(37)32(3,4)5/h8,10-11,14,18,24,26,29-30H,9,12-13,15-17,19-20H2,1-7H3,(H,35,38)(H,36,39,40)/t24-,26-,29-,30-,33+,34+/m1/s1. The highest BCUT2D eigenvalue weighted by atomic mass is 32.2. The first-order valence-electron chi connectivity index (χ1n) is 15.7. The lowest BCUT2D eigenvalue weighted by atomic mass is 9.68. The number of benzene rings is 1. The molecule has 3 fully saturated rings. The summed E-state index contributed by atoms with van der Waals surface area (Å²) in [5.74, 6) is -0.669. The van der Waals surface area contributed by atoms with Crippen molar-refractivity contribution >= 4 is 41.1 Å². The van der Waals surface area contributed by atoms with Crippen LogP contribution in [-0.2, 0) is 33.3 Å². The van der Waals surface area contributed by atoms with Gasteiger partial charge in [-0.3, -0.25) is 19.7 Å². The third-order valence-corrected chi connectivity index (χ3v) is 9.86. The van der Waals surface area contributed by atoms with Crippen LogP contribution in [0.4, 0.5) is 10.5 Å². The molecule has 10 nitrogen and oxygen atoms in total. The van der Waals surface area contributed by atoms with Crippen molar-refractivity contribution in [3.8, 4) is 0 Å². The zero-order valence-electron chi connectivity index (χ0n) is 27.5. The number of alkyl carbamates (subject to hydrolysis) is 1. The number of hydrogen-bond donors (Lipinski definition) is 2. The number of anilines is 1. The molecule has 4 rings (SSSR count). The molecule has 3 amide bonds. The molecular weight excluding hydrogens is 596 g/mol. The number of nitrogens with one attached hydrogen (secondary N) is 2. The fourth-order valence-electron chi connectivity index (χ4n) is 6.21. The van der Waals surface area contributed by atoms with Gasteiger partial charge >= 0.3 is 6.09 Å². The second-order valence-corrected chi connectivity index (χ2v) is 14.8. The Bertz CT molecular complexity index is 1300. The van der Waals surface area contributed by atoms with Crippen LogP contribution in [0.25, 0.3) is 0 Å². The molecule has 11 heteroatoms. The minimum atomic E-state index is -0.812. The quantitative estimate of drug-likeness (QED) is 0.154. The van der Waals surface area contributed by atoms with E-state index in [1.54, 1.807) is 25.3 Å². The van der Waals surface area contributed by atoms with Crippen LogP contribution in [-0.4, -0.2) is 72.7 Å². The highest BCUT2D eigenvalue weighted by Gasteiger charge is 2.72. The van der Waals surface area contributed by atoms with Crippen LogP contribution in [0, 0.1) is 11.3 Å². The van der Waals surface area contributed by atoms with Gasteiger partial charge in [-0.1, -0.05) is 38.5 Å². The van der Waals surface area contributed by atoms with Crippen molar-refractivity contribution < 1.29 is 38.1 Å². The zero-order valence-corrected chi connectivity index (χ0v) is 28.3. The molecule has 0 unspecified atom stereocenters. The Morgan fingerprint density at radius 1 is 1.13 bits per heavy atom. The molecule has 2 heterocycles. The van der Waals surface area contributed by atoms with Crippen LogP contribution in [0.15, 0.2) is 40.8 Å². The van der Waals surface area contributed by atoms with Crippen molar-refractivity contribution in [2.45, 2.75) is 114 Å². The van der Waals surface area contributed by atoms with Gasteiger partial charge in [0.1, 0.15) is 29.2 Å². The maximum atomic E-state index is 12.8. The van der Waals surface area contributed by atoms with E-state index in [2.05, 4.69) is 37.5 Å². The van der Waals surface area contributed by atoms with E-state index in [1.807, 2.05) is 26.8 Å².